The van der Waals surface area contributed by atoms with Gasteiger partial charge in [0, 0.05) is 6.42 Å². The number of hydrogen-bond acceptors (Lipinski definition) is 2. The largest absolute Gasteiger partial charge is 0.393 e. The van der Waals surface area contributed by atoms with Gasteiger partial charge in [-0.05, 0) is 44.4 Å². The number of hydrogen-bond donors (Lipinski definition) is 2. The van der Waals surface area contributed by atoms with Gasteiger partial charge in [-0.2, -0.15) is 0 Å². The Morgan fingerprint density at radius 2 is 1.53 bits per heavy atom. The summed E-state index contributed by atoms with van der Waals surface area (Å²) >= 11 is 0. The lowest BCUT2D eigenvalue weighted by molar-refractivity contribution is -0.0637. The van der Waals surface area contributed by atoms with Crippen LogP contribution in [0.25, 0.3) is 0 Å². The van der Waals surface area contributed by atoms with Crippen molar-refractivity contribution < 1.29 is 10.2 Å². The van der Waals surface area contributed by atoms with Crippen molar-refractivity contribution in [2.45, 2.75) is 82.8 Å². The van der Waals surface area contributed by atoms with Crippen molar-refractivity contribution in [3.05, 3.63) is 0 Å². The molecular weight excluding hydrogens is 212 g/mol. The predicted octanol–water partition coefficient (Wildman–Crippen LogP) is 3.26. The van der Waals surface area contributed by atoms with Gasteiger partial charge in [-0.3, -0.25) is 0 Å². The minimum atomic E-state index is -0.650. The van der Waals surface area contributed by atoms with Crippen molar-refractivity contribution in [3.8, 4) is 0 Å². The molecule has 0 heterocycles. The van der Waals surface area contributed by atoms with Crippen LogP contribution >= 0.6 is 0 Å². The lowest BCUT2D eigenvalue weighted by atomic mass is 9.74. The van der Waals surface area contributed by atoms with Gasteiger partial charge in [-0.1, -0.05) is 32.1 Å². The summed E-state index contributed by atoms with van der Waals surface area (Å²) < 4.78 is 0. The fourth-order valence-electron chi connectivity index (χ4n) is 3.82. The van der Waals surface area contributed by atoms with Crippen molar-refractivity contribution >= 4 is 0 Å². The van der Waals surface area contributed by atoms with E-state index in [9.17, 15) is 10.2 Å². The maximum absolute atomic E-state index is 10.6. The molecule has 2 unspecified atom stereocenters. The summed E-state index contributed by atoms with van der Waals surface area (Å²) in [5, 5.41) is 20.9. The van der Waals surface area contributed by atoms with Gasteiger partial charge in [0.25, 0.3) is 0 Å². The number of aliphatic hydroxyl groups is 2. The molecule has 2 saturated carbocycles. The maximum Gasteiger partial charge on any atom is 0.0672 e. The van der Waals surface area contributed by atoms with Crippen LogP contribution in [0.3, 0.4) is 0 Å². The summed E-state index contributed by atoms with van der Waals surface area (Å²) in [6.45, 7) is 1.95. The van der Waals surface area contributed by atoms with Crippen LogP contribution < -0.4 is 0 Å². The molecule has 2 nitrogen and oxygen atoms in total. The van der Waals surface area contributed by atoms with Crippen LogP contribution in [0.5, 0.6) is 0 Å². The Balaban J connectivity index is 1.86. The highest BCUT2D eigenvalue weighted by molar-refractivity contribution is 4.88. The molecule has 2 aliphatic carbocycles. The molecule has 2 fully saturated rings. The molecular formula is C15H28O2. The first-order valence-corrected chi connectivity index (χ1v) is 7.50. The third-order valence-corrected chi connectivity index (χ3v) is 5.05. The average molecular weight is 240 g/mol. The van der Waals surface area contributed by atoms with Gasteiger partial charge in [0.1, 0.15) is 0 Å². The second-order valence-corrected chi connectivity index (χ2v) is 6.51. The summed E-state index contributed by atoms with van der Waals surface area (Å²) in [6, 6.07) is 0. The molecule has 0 aliphatic heterocycles. The smallest absolute Gasteiger partial charge is 0.0672 e. The summed E-state index contributed by atoms with van der Waals surface area (Å²) in [5.74, 6) is 0.859. The van der Waals surface area contributed by atoms with E-state index in [0.29, 0.717) is 18.3 Å². The Bertz CT molecular complexity index is 225. The second kappa shape index (κ2) is 5.71. The highest BCUT2D eigenvalue weighted by Crippen LogP contribution is 2.38. The molecule has 0 aromatic rings. The van der Waals surface area contributed by atoms with E-state index >= 15 is 0 Å². The fraction of sp³-hybridized carbons (Fsp3) is 1.00. The van der Waals surface area contributed by atoms with Gasteiger partial charge < -0.3 is 10.2 Å². The first-order chi connectivity index (χ1) is 8.09. The molecule has 17 heavy (non-hydrogen) atoms. The zero-order chi connectivity index (χ0) is 12.3. The molecule has 0 spiro atoms. The minimum Gasteiger partial charge on any atom is -0.393 e. The van der Waals surface area contributed by atoms with Gasteiger partial charge >= 0.3 is 0 Å². The van der Waals surface area contributed by atoms with E-state index in [2.05, 4.69) is 0 Å². The Hall–Kier alpha value is -0.0800. The van der Waals surface area contributed by atoms with Crippen LogP contribution in [0.1, 0.15) is 71.1 Å². The average Bonchev–Trinajstić information content (AvgIpc) is 2.83. The van der Waals surface area contributed by atoms with E-state index in [1.165, 1.54) is 32.1 Å². The summed E-state index contributed by atoms with van der Waals surface area (Å²) in [4.78, 5) is 0. The molecule has 0 saturated heterocycles. The van der Waals surface area contributed by atoms with Gasteiger partial charge in [-0.25, -0.2) is 0 Å². The Morgan fingerprint density at radius 1 is 1.00 bits per heavy atom. The van der Waals surface area contributed by atoms with Crippen molar-refractivity contribution in [1.82, 2.24) is 0 Å². The molecule has 0 amide bonds. The molecule has 0 aromatic carbocycles. The quantitative estimate of drug-likeness (QED) is 0.792. The second-order valence-electron chi connectivity index (χ2n) is 6.51. The molecule has 0 aromatic heterocycles. The normalized spacial score (nSPS) is 29.1. The van der Waals surface area contributed by atoms with Gasteiger partial charge in [0.15, 0.2) is 0 Å². The topological polar surface area (TPSA) is 40.5 Å². The predicted molar refractivity (Wildman–Crippen MR) is 69.8 cm³/mol. The molecule has 0 bridgehead atoms. The molecule has 2 atom stereocenters. The van der Waals surface area contributed by atoms with Crippen LogP contribution in [0, 0.1) is 11.8 Å². The molecule has 2 heteroatoms. The van der Waals surface area contributed by atoms with Crippen molar-refractivity contribution in [3.63, 3.8) is 0 Å². The molecule has 100 valence electrons. The maximum atomic E-state index is 10.6. The Kier molecular flexibility index (Phi) is 4.48. The van der Waals surface area contributed by atoms with Crippen LogP contribution in [-0.4, -0.2) is 21.9 Å². The first kappa shape index (κ1) is 13.4. The molecule has 2 aliphatic rings. The summed E-state index contributed by atoms with van der Waals surface area (Å²) in [5.41, 5.74) is -0.650. The molecule has 2 rings (SSSR count). The number of rotatable bonds is 4. The van der Waals surface area contributed by atoms with Crippen LogP contribution in [0.15, 0.2) is 0 Å². The Labute approximate surface area is 105 Å². The highest BCUT2D eigenvalue weighted by atomic mass is 16.3. The van der Waals surface area contributed by atoms with E-state index in [1.807, 2.05) is 6.92 Å². The molecule has 2 N–H and O–H groups in total. The van der Waals surface area contributed by atoms with E-state index in [0.717, 1.165) is 25.7 Å². The van der Waals surface area contributed by atoms with Crippen LogP contribution in [0.4, 0.5) is 0 Å². The van der Waals surface area contributed by atoms with Crippen LogP contribution in [-0.2, 0) is 0 Å². The highest BCUT2D eigenvalue weighted by Gasteiger charge is 2.37. The summed E-state index contributed by atoms with van der Waals surface area (Å²) in [7, 11) is 0. The first-order valence-electron chi connectivity index (χ1n) is 7.50. The lowest BCUT2D eigenvalue weighted by Crippen LogP contribution is -2.40. The summed E-state index contributed by atoms with van der Waals surface area (Å²) in [6.07, 6.45) is 11.2. The SMILES string of the molecule is CC(O)(CC(O)C1CCCC1)C1CCCCC1. The van der Waals surface area contributed by atoms with E-state index in [4.69, 9.17) is 0 Å². The van der Waals surface area contributed by atoms with E-state index < -0.39 is 5.60 Å². The molecule has 0 radical (unpaired) electrons. The zero-order valence-electron chi connectivity index (χ0n) is 11.2. The third-order valence-electron chi connectivity index (χ3n) is 5.05. The Morgan fingerprint density at radius 3 is 2.12 bits per heavy atom. The lowest BCUT2D eigenvalue weighted by Gasteiger charge is -2.38. The van der Waals surface area contributed by atoms with Crippen molar-refractivity contribution in [1.29, 1.82) is 0 Å². The van der Waals surface area contributed by atoms with Crippen molar-refractivity contribution in [2.24, 2.45) is 11.8 Å². The number of aliphatic hydroxyl groups excluding tert-OH is 1. The minimum absolute atomic E-state index is 0.283. The fourth-order valence-corrected chi connectivity index (χ4v) is 3.82. The van der Waals surface area contributed by atoms with E-state index in [-0.39, 0.29) is 6.10 Å². The van der Waals surface area contributed by atoms with E-state index in [1.54, 1.807) is 0 Å². The standard InChI is InChI=1S/C15H28O2/c1-15(17,13-9-3-2-4-10-13)11-14(16)12-7-5-6-8-12/h12-14,16-17H,2-11H2,1H3. The monoisotopic (exact) mass is 240 g/mol. The third kappa shape index (κ3) is 3.45. The van der Waals surface area contributed by atoms with Gasteiger partial charge in [0.2, 0.25) is 0 Å². The van der Waals surface area contributed by atoms with Crippen molar-refractivity contribution in [2.75, 3.05) is 0 Å². The van der Waals surface area contributed by atoms with Crippen LogP contribution in [0.2, 0.25) is 0 Å². The zero-order valence-corrected chi connectivity index (χ0v) is 11.2. The van der Waals surface area contributed by atoms with Gasteiger partial charge in [-0.15, -0.1) is 0 Å². The van der Waals surface area contributed by atoms with Gasteiger partial charge in [0.05, 0.1) is 11.7 Å².